The third-order valence-corrected chi connectivity index (χ3v) is 2.71. The van der Waals surface area contributed by atoms with Gasteiger partial charge in [0.05, 0.1) is 23.9 Å². The molecule has 2 heterocycles. The van der Waals surface area contributed by atoms with Gasteiger partial charge in [0.25, 0.3) is 0 Å². The van der Waals surface area contributed by atoms with Crippen LogP contribution >= 0.6 is 0 Å². The predicted octanol–water partition coefficient (Wildman–Crippen LogP) is 3.66. The number of fused-ring (bicyclic) bond motifs is 1. The van der Waals surface area contributed by atoms with Crippen LogP contribution in [0.2, 0.25) is 0 Å². The van der Waals surface area contributed by atoms with Gasteiger partial charge in [0.1, 0.15) is 0 Å². The molecule has 0 spiro atoms. The second kappa shape index (κ2) is 5.04. The Morgan fingerprint density at radius 1 is 1.17 bits per heavy atom. The molecule has 0 saturated heterocycles. The summed E-state index contributed by atoms with van der Waals surface area (Å²) in [5.74, 6) is 0. The molecular weight excluding hydrogens is 226 g/mol. The molecule has 1 aromatic carbocycles. The lowest BCUT2D eigenvalue weighted by molar-refractivity contribution is 0.455. The lowest BCUT2D eigenvalue weighted by Crippen LogP contribution is -1.91. The van der Waals surface area contributed by atoms with Crippen LogP contribution in [0.15, 0.2) is 35.4 Å². The minimum absolute atomic E-state index is 0.803. The number of nitrogens with zero attached hydrogens (tertiary/aromatic N) is 3. The molecule has 4 nitrogen and oxygen atoms in total. The van der Waals surface area contributed by atoms with Crippen LogP contribution in [0.25, 0.3) is 16.7 Å². The Labute approximate surface area is 106 Å². The first-order chi connectivity index (χ1) is 8.75. The van der Waals surface area contributed by atoms with Crippen LogP contribution in [-0.4, -0.2) is 14.7 Å². The van der Waals surface area contributed by atoms with Gasteiger partial charge in [-0.05, 0) is 25.5 Å². The Morgan fingerprint density at radius 2 is 1.94 bits per heavy atom. The Bertz CT molecular complexity index is 652. The van der Waals surface area contributed by atoms with E-state index in [2.05, 4.69) is 16.2 Å². The predicted molar refractivity (Wildman–Crippen MR) is 72.0 cm³/mol. The lowest BCUT2D eigenvalue weighted by atomic mass is 10.1. The SMILES string of the molecule is CC.Cc1cn(-c2ccc(C)c3cnoc23)cn1. The van der Waals surface area contributed by atoms with Crippen molar-refractivity contribution in [3.05, 3.63) is 42.1 Å². The van der Waals surface area contributed by atoms with E-state index in [1.165, 1.54) is 0 Å². The molecule has 0 aliphatic rings. The van der Waals surface area contributed by atoms with E-state index in [9.17, 15) is 0 Å². The van der Waals surface area contributed by atoms with Crippen molar-refractivity contribution in [3.63, 3.8) is 0 Å². The molecule has 0 aliphatic carbocycles. The number of hydrogen-bond donors (Lipinski definition) is 0. The van der Waals surface area contributed by atoms with Crippen LogP contribution in [-0.2, 0) is 0 Å². The van der Waals surface area contributed by atoms with E-state index in [0.717, 1.165) is 27.9 Å². The molecular formula is C14H17N3O. The van der Waals surface area contributed by atoms with Gasteiger partial charge in [-0.15, -0.1) is 0 Å². The fraction of sp³-hybridized carbons (Fsp3) is 0.286. The number of imidazole rings is 1. The summed E-state index contributed by atoms with van der Waals surface area (Å²) in [5, 5.41) is 4.89. The highest BCUT2D eigenvalue weighted by Gasteiger charge is 2.09. The van der Waals surface area contributed by atoms with Crippen LogP contribution in [0.3, 0.4) is 0 Å². The molecule has 0 radical (unpaired) electrons. The monoisotopic (exact) mass is 243 g/mol. The van der Waals surface area contributed by atoms with Gasteiger partial charge < -0.3 is 9.09 Å². The summed E-state index contributed by atoms with van der Waals surface area (Å²) in [7, 11) is 0. The van der Waals surface area contributed by atoms with E-state index in [0.29, 0.717) is 0 Å². The first-order valence-corrected chi connectivity index (χ1v) is 6.10. The zero-order valence-electron chi connectivity index (χ0n) is 11.1. The van der Waals surface area contributed by atoms with Crippen molar-refractivity contribution in [1.29, 1.82) is 0 Å². The normalized spacial score (nSPS) is 10.2. The van der Waals surface area contributed by atoms with Crippen molar-refractivity contribution >= 4 is 11.0 Å². The largest absolute Gasteiger partial charge is 0.354 e. The average Bonchev–Trinajstić information content (AvgIpc) is 3.02. The van der Waals surface area contributed by atoms with Crippen LogP contribution in [0.4, 0.5) is 0 Å². The zero-order valence-corrected chi connectivity index (χ0v) is 11.1. The molecule has 4 heteroatoms. The molecule has 3 aromatic rings. The number of hydrogen-bond acceptors (Lipinski definition) is 3. The van der Waals surface area contributed by atoms with Gasteiger partial charge in [-0.1, -0.05) is 25.1 Å². The third kappa shape index (κ3) is 2.01. The van der Waals surface area contributed by atoms with E-state index in [-0.39, 0.29) is 0 Å². The standard InChI is InChI=1S/C12H11N3O.C2H6/c1-8-3-4-11(12-10(8)5-14-16-12)15-6-9(2)13-7-15;1-2/h3-7H,1-2H3;1-2H3. The van der Waals surface area contributed by atoms with Crippen LogP contribution in [0.5, 0.6) is 0 Å². The van der Waals surface area contributed by atoms with E-state index in [1.807, 2.05) is 44.5 Å². The van der Waals surface area contributed by atoms with Crippen molar-refractivity contribution in [2.24, 2.45) is 0 Å². The van der Waals surface area contributed by atoms with Crippen LogP contribution in [0, 0.1) is 13.8 Å². The fourth-order valence-electron chi connectivity index (χ4n) is 1.83. The minimum Gasteiger partial charge on any atom is -0.354 e. The average molecular weight is 243 g/mol. The van der Waals surface area contributed by atoms with Gasteiger partial charge in [0.2, 0.25) is 0 Å². The highest BCUT2D eigenvalue weighted by atomic mass is 16.5. The zero-order chi connectivity index (χ0) is 13.1. The fourth-order valence-corrected chi connectivity index (χ4v) is 1.83. The van der Waals surface area contributed by atoms with Gasteiger partial charge in [-0.25, -0.2) is 4.98 Å². The van der Waals surface area contributed by atoms with Crippen LogP contribution in [0.1, 0.15) is 25.1 Å². The lowest BCUT2D eigenvalue weighted by Gasteiger charge is -2.03. The van der Waals surface area contributed by atoms with Crippen molar-refractivity contribution in [1.82, 2.24) is 14.7 Å². The van der Waals surface area contributed by atoms with Gasteiger partial charge >= 0.3 is 0 Å². The number of rotatable bonds is 1. The summed E-state index contributed by atoms with van der Waals surface area (Å²) >= 11 is 0. The highest BCUT2D eigenvalue weighted by Crippen LogP contribution is 2.25. The molecule has 0 aliphatic heterocycles. The quantitative estimate of drug-likeness (QED) is 0.655. The Balaban J connectivity index is 0.000000574. The molecule has 0 amide bonds. The molecule has 0 atom stereocenters. The summed E-state index contributed by atoms with van der Waals surface area (Å²) in [6.07, 6.45) is 5.49. The summed E-state index contributed by atoms with van der Waals surface area (Å²) in [4.78, 5) is 4.21. The number of aromatic nitrogens is 3. The van der Waals surface area contributed by atoms with Crippen LogP contribution < -0.4 is 0 Å². The second-order valence-electron chi connectivity index (χ2n) is 3.89. The molecule has 0 saturated carbocycles. The third-order valence-electron chi connectivity index (χ3n) is 2.71. The topological polar surface area (TPSA) is 43.9 Å². The minimum atomic E-state index is 0.803. The maximum absolute atomic E-state index is 5.29. The summed E-state index contributed by atoms with van der Waals surface area (Å²) in [6, 6.07) is 4.08. The molecule has 0 bridgehead atoms. The highest BCUT2D eigenvalue weighted by molar-refractivity contribution is 5.86. The van der Waals surface area contributed by atoms with Gasteiger partial charge in [0.15, 0.2) is 5.58 Å². The molecule has 3 rings (SSSR count). The first-order valence-electron chi connectivity index (χ1n) is 6.10. The Kier molecular flexibility index (Phi) is 3.46. The molecule has 0 N–H and O–H groups in total. The molecule has 0 fully saturated rings. The first kappa shape index (κ1) is 12.4. The maximum atomic E-state index is 5.29. The van der Waals surface area contributed by atoms with E-state index in [1.54, 1.807) is 12.5 Å². The molecule has 0 unspecified atom stereocenters. The van der Waals surface area contributed by atoms with Gasteiger partial charge in [-0.2, -0.15) is 0 Å². The summed E-state index contributed by atoms with van der Waals surface area (Å²) in [5.41, 5.74) is 3.92. The Morgan fingerprint density at radius 3 is 2.61 bits per heavy atom. The second-order valence-corrected chi connectivity index (χ2v) is 3.89. The molecule has 94 valence electrons. The summed E-state index contributed by atoms with van der Waals surface area (Å²) < 4.78 is 7.24. The molecule has 18 heavy (non-hydrogen) atoms. The van der Waals surface area contributed by atoms with Crippen molar-refractivity contribution < 1.29 is 4.52 Å². The van der Waals surface area contributed by atoms with Crippen molar-refractivity contribution in [3.8, 4) is 5.69 Å². The number of benzene rings is 1. The Hall–Kier alpha value is -2.10. The summed E-state index contributed by atoms with van der Waals surface area (Å²) in [6.45, 7) is 8.00. The smallest absolute Gasteiger partial charge is 0.191 e. The maximum Gasteiger partial charge on any atom is 0.191 e. The molecule has 2 aromatic heterocycles. The van der Waals surface area contributed by atoms with Crippen molar-refractivity contribution in [2.75, 3.05) is 0 Å². The van der Waals surface area contributed by atoms with Gasteiger partial charge in [-0.3, -0.25) is 0 Å². The van der Waals surface area contributed by atoms with Crippen molar-refractivity contribution in [2.45, 2.75) is 27.7 Å². The van der Waals surface area contributed by atoms with E-state index >= 15 is 0 Å². The van der Waals surface area contributed by atoms with Gasteiger partial charge in [0, 0.05) is 11.6 Å². The van der Waals surface area contributed by atoms with E-state index in [4.69, 9.17) is 4.52 Å². The number of aryl methyl sites for hydroxylation is 2. The van der Waals surface area contributed by atoms with E-state index < -0.39 is 0 Å².